The molecule has 2 rings (SSSR count). The van der Waals surface area contributed by atoms with Gasteiger partial charge in [0.05, 0.1) is 19.4 Å². The zero-order chi connectivity index (χ0) is 12.1. The highest BCUT2D eigenvalue weighted by Gasteiger charge is 2.22. The van der Waals surface area contributed by atoms with Crippen LogP contribution in [0.3, 0.4) is 0 Å². The lowest BCUT2D eigenvalue weighted by Gasteiger charge is -2.31. The molecule has 4 nitrogen and oxygen atoms in total. The molecule has 0 aliphatic carbocycles. The first kappa shape index (κ1) is 12.3. The van der Waals surface area contributed by atoms with E-state index in [1.165, 1.54) is 12.7 Å². The summed E-state index contributed by atoms with van der Waals surface area (Å²) in [7, 11) is 1.73. The summed E-state index contributed by atoms with van der Waals surface area (Å²) in [6.45, 7) is 3.17. The first-order chi connectivity index (χ1) is 8.29. The number of furan rings is 1. The van der Waals surface area contributed by atoms with Gasteiger partial charge in [-0.3, -0.25) is 9.69 Å². The summed E-state index contributed by atoms with van der Waals surface area (Å²) in [4.78, 5) is 14.1. The monoisotopic (exact) mass is 237 g/mol. The van der Waals surface area contributed by atoms with Gasteiger partial charge in [0.15, 0.2) is 5.76 Å². The van der Waals surface area contributed by atoms with Crippen LogP contribution in [0, 0.1) is 5.92 Å². The molecule has 1 aliphatic heterocycles. The second kappa shape index (κ2) is 5.98. The second-order valence-electron chi connectivity index (χ2n) is 4.60. The van der Waals surface area contributed by atoms with E-state index in [0.29, 0.717) is 18.2 Å². The highest BCUT2D eigenvalue weighted by molar-refractivity contribution is 5.94. The molecule has 0 amide bonds. The molecule has 1 atom stereocenters. The SMILES string of the molecule is COCC1CCCN(CC(=O)c2ccco2)C1. The number of ketones is 1. The molecule has 1 aromatic heterocycles. The van der Waals surface area contributed by atoms with Crippen LogP contribution in [0.1, 0.15) is 23.4 Å². The summed E-state index contributed by atoms with van der Waals surface area (Å²) >= 11 is 0. The molecule has 1 aromatic rings. The molecular weight excluding hydrogens is 218 g/mol. The Morgan fingerprint density at radius 3 is 3.24 bits per heavy atom. The maximum absolute atomic E-state index is 11.9. The summed E-state index contributed by atoms with van der Waals surface area (Å²) in [5.41, 5.74) is 0. The number of piperidine rings is 1. The number of methoxy groups -OCH3 is 1. The van der Waals surface area contributed by atoms with E-state index in [2.05, 4.69) is 4.90 Å². The van der Waals surface area contributed by atoms with Crippen LogP contribution in [-0.2, 0) is 4.74 Å². The highest BCUT2D eigenvalue weighted by atomic mass is 16.5. The minimum Gasteiger partial charge on any atom is -0.461 e. The van der Waals surface area contributed by atoms with Crippen molar-refractivity contribution in [3.63, 3.8) is 0 Å². The Balaban J connectivity index is 1.84. The fourth-order valence-electron chi connectivity index (χ4n) is 2.38. The third kappa shape index (κ3) is 3.41. The lowest BCUT2D eigenvalue weighted by Crippen LogP contribution is -2.40. The van der Waals surface area contributed by atoms with Gasteiger partial charge in [0, 0.05) is 13.7 Å². The smallest absolute Gasteiger partial charge is 0.211 e. The standard InChI is InChI=1S/C13H19NO3/c1-16-10-11-4-2-6-14(8-11)9-12(15)13-5-3-7-17-13/h3,5,7,11H,2,4,6,8-10H2,1H3. The number of carbonyl (C=O) groups is 1. The quantitative estimate of drug-likeness (QED) is 0.733. The van der Waals surface area contributed by atoms with E-state index in [1.54, 1.807) is 19.2 Å². The molecule has 1 aliphatic rings. The summed E-state index contributed by atoms with van der Waals surface area (Å²) in [6, 6.07) is 3.47. The Labute approximate surface area is 102 Å². The van der Waals surface area contributed by atoms with Crippen LogP contribution in [-0.4, -0.2) is 44.0 Å². The van der Waals surface area contributed by atoms with Gasteiger partial charge < -0.3 is 9.15 Å². The average molecular weight is 237 g/mol. The van der Waals surface area contributed by atoms with Gasteiger partial charge in [-0.1, -0.05) is 0 Å². The number of hydrogen-bond acceptors (Lipinski definition) is 4. The summed E-state index contributed by atoms with van der Waals surface area (Å²) in [5, 5.41) is 0. The van der Waals surface area contributed by atoms with Gasteiger partial charge in [-0.2, -0.15) is 0 Å². The average Bonchev–Trinajstić information content (AvgIpc) is 2.83. The number of ether oxygens (including phenoxy) is 1. The molecule has 1 fully saturated rings. The molecule has 94 valence electrons. The van der Waals surface area contributed by atoms with E-state index < -0.39 is 0 Å². The van der Waals surface area contributed by atoms with Crippen LogP contribution in [0.4, 0.5) is 0 Å². The third-order valence-corrected chi connectivity index (χ3v) is 3.17. The zero-order valence-electron chi connectivity index (χ0n) is 10.2. The Kier molecular flexibility index (Phi) is 4.34. The fraction of sp³-hybridized carbons (Fsp3) is 0.615. The molecular formula is C13H19NO3. The zero-order valence-corrected chi connectivity index (χ0v) is 10.2. The molecule has 2 heterocycles. The lowest BCUT2D eigenvalue weighted by atomic mass is 9.99. The van der Waals surface area contributed by atoms with Gasteiger partial charge in [-0.25, -0.2) is 0 Å². The van der Waals surface area contributed by atoms with E-state index in [-0.39, 0.29) is 5.78 Å². The Morgan fingerprint density at radius 1 is 1.65 bits per heavy atom. The second-order valence-corrected chi connectivity index (χ2v) is 4.60. The summed E-state index contributed by atoms with van der Waals surface area (Å²) in [5.74, 6) is 1.07. The molecule has 4 heteroatoms. The molecule has 0 aromatic carbocycles. The normalized spacial score (nSPS) is 21.6. The first-order valence-corrected chi connectivity index (χ1v) is 6.07. The summed E-state index contributed by atoms with van der Waals surface area (Å²) < 4.78 is 10.3. The van der Waals surface area contributed by atoms with Crippen LogP contribution >= 0.6 is 0 Å². The van der Waals surface area contributed by atoms with Crippen molar-refractivity contribution in [2.75, 3.05) is 33.4 Å². The van der Waals surface area contributed by atoms with Gasteiger partial charge in [-0.05, 0) is 37.4 Å². The number of Topliss-reactive ketones (excluding diaryl/α,β-unsaturated/α-hetero) is 1. The number of likely N-dealkylation sites (tertiary alicyclic amines) is 1. The molecule has 0 saturated carbocycles. The van der Waals surface area contributed by atoms with E-state index in [4.69, 9.17) is 9.15 Å². The molecule has 1 unspecified atom stereocenters. The van der Waals surface area contributed by atoms with Crippen LogP contribution in [0.15, 0.2) is 22.8 Å². The Morgan fingerprint density at radius 2 is 2.53 bits per heavy atom. The van der Waals surface area contributed by atoms with Crippen LogP contribution < -0.4 is 0 Å². The predicted molar refractivity (Wildman–Crippen MR) is 64.1 cm³/mol. The minimum absolute atomic E-state index is 0.0630. The van der Waals surface area contributed by atoms with Gasteiger partial charge in [0.25, 0.3) is 0 Å². The Bertz CT molecular complexity index is 346. The van der Waals surface area contributed by atoms with Crippen molar-refractivity contribution < 1.29 is 13.9 Å². The van der Waals surface area contributed by atoms with E-state index in [1.807, 2.05) is 0 Å². The van der Waals surface area contributed by atoms with Gasteiger partial charge in [-0.15, -0.1) is 0 Å². The maximum atomic E-state index is 11.9. The number of hydrogen-bond donors (Lipinski definition) is 0. The molecule has 0 radical (unpaired) electrons. The topological polar surface area (TPSA) is 42.7 Å². The summed E-state index contributed by atoms with van der Waals surface area (Å²) in [6.07, 6.45) is 3.87. The van der Waals surface area contributed by atoms with Crippen molar-refractivity contribution >= 4 is 5.78 Å². The number of rotatable bonds is 5. The van der Waals surface area contributed by atoms with Crippen molar-refractivity contribution in [2.45, 2.75) is 12.8 Å². The molecule has 17 heavy (non-hydrogen) atoms. The van der Waals surface area contributed by atoms with Crippen LogP contribution in [0.2, 0.25) is 0 Å². The highest BCUT2D eigenvalue weighted by Crippen LogP contribution is 2.17. The van der Waals surface area contributed by atoms with Crippen molar-refractivity contribution in [2.24, 2.45) is 5.92 Å². The van der Waals surface area contributed by atoms with Gasteiger partial charge in [0.2, 0.25) is 5.78 Å². The molecule has 1 saturated heterocycles. The van der Waals surface area contributed by atoms with Crippen LogP contribution in [0.25, 0.3) is 0 Å². The van der Waals surface area contributed by atoms with E-state index >= 15 is 0 Å². The van der Waals surface area contributed by atoms with Crippen molar-refractivity contribution in [3.8, 4) is 0 Å². The first-order valence-electron chi connectivity index (χ1n) is 6.07. The van der Waals surface area contributed by atoms with E-state index in [0.717, 1.165) is 26.1 Å². The van der Waals surface area contributed by atoms with Crippen molar-refractivity contribution in [1.82, 2.24) is 4.90 Å². The maximum Gasteiger partial charge on any atom is 0.211 e. The minimum atomic E-state index is 0.0630. The number of nitrogens with zero attached hydrogens (tertiary/aromatic N) is 1. The molecule has 0 bridgehead atoms. The third-order valence-electron chi connectivity index (χ3n) is 3.17. The molecule has 0 spiro atoms. The van der Waals surface area contributed by atoms with Gasteiger partial charge in [0.1, 0.15) is 0 Å². The lowest BCUT2D eigenvalue weighted by molar-refractivity contribution is 0.0740. The van der Waals surface area contributed by atoms with Crippen molar-refractivity contribution in [1.29, 1.82) is 0 Å². The number of carbonyl (C=O) groups excluding carboxylic acids is 1. The fourth-order valence-corrected chi connectivity index (χ4v) is 2.38. The van der Waals surface area contributed by atoms with Gasteiger partial charge >= 0.3 is 0 Å². The molecule has 0 N–H and O–H groups in total. The predicted octanol–water partition coefficient (Wildman–Crippen LogP) is 1.82. The van der Waals surface area contributed by atoms with E-state index in [9.17, 15) is 4.79 Å². The van der Waals surface area contributed by atoms with Crippen LogP contribution in [0.5, 0.6) is 0 Å². The Hall–Kier alpha value is -1.13. The largest absolute Gasteiger partial charge is 0.461 e. The van der Waals surface area contributed by atoms with Crippen molar-refractivity contribution in [3.05, 3.63) is 24.2 Å².